The first-order valence-electron chi connectivity index (χ1n) is 14.7. The lowest BCUT2D eigenvalue weighted by molar-refractivity contribution is -0.884. The Hall–Kier alpha value is -5.42. The molecule has 0 saturated carbocycles. The Morgan fingerprint density at radius 1 is 1.09 bits per heavy atom. The number of alkyl halides is 3. The molecule has 0 aliphatic rings. The molecule has 0 aliphatic carbocycles. The normalized spacial score (nSPS) is 12.7. The van der Waals surface area contributed by atoms with Crippen LogP contribution in [0, 0.1) is 17.2 Å². The molecule has 11 nitrogen and oxygen atoms in total. The molecule has 3 heterocycles. The molecule has 14 heteroatoms. The van der Waals surface area contributed by atoms with Gasteiger partial charge in [-0.05, 0) is 54.4 Å². The molecule has 3 aromatic heterocycles. The fourth-order valence-corrected chi connectivity index (χ4v) is 5.31. The van der Waals surface area contributed by atoms with E-state index in [0.29, 0.717) is 33.7 Å². The molecule has 1 atom stereocenters. The summed E-state index contributed by atoms with van der Waals surface area (Å²) >= 11 is 0. The molecule has 47 heavy (non-hydrogen) atoms. The van der Waals surface area contributed by atoms with Crippen molar-refractivity contribution in [3.05, 3.63) is 106 Å². The largest absolute Gasteiger partial charge is 0.437 e. The van der Waals surface area contributed by atoms with Crippen LogP contribution >= 0.6 is 0 Å². The standard InChI is InChI=1S/C33H33F3N8O3/c1-20(2)28(31-38-18-25(47-31)19-44(4,5)6)40-30(45)27-29(26-14-15-39-42(26)23-12-10-21(17-37)11-13-23)41(3)43(32(27)46)24-9-7-8-22(16-24)33(34,35)36/h7-16,18,20,28H,19H2,1-6H3/p+1. The molecule has 1 N–H and O–H groups in total. The summed E-state index contributed by atoms with van der Waals surface area (Å²) in [6.07, 6.45) is -1.58. The zero-order chi connectivity index (χ0) is 34.3. The van der Waals surface area contributed by atoms with E-state index in [0.717, 1.165) is 16.8 Å². The maximum Gasteiger partial charge on any atom is 0.416 e. The van der Waals surface area contributed by atoms with Gasteiger partial charge in [0.15, 0.2) is 5.76 Å². The maximum atomic E-state index is 14.2. The number of nitrogens with zero attached hydrogens (tertiary/aromatic N) is 7. The Morgan fingerprint density at radius 3 is 2.40 bits per heavy atom. The lowest BCUT2D eigenvalue weighted by Gasteiger charge is -2.22. The second-order valence-corrected chi connectivity index (χ2v) is 12.5. The van der Waals surface area contributed by atoms with Crippen molar-refractivity contribution < 1.29 is 26.9 Å². The first-order valence-corrected chi connectivity index (χ1v) is 14.7. The van der Waals surface area contributed by atoms with Crippen molar-refractivity contribution in [3.63, 3.8) is 0 Å². The number of nitrogens with one attached hydrogen (secondary N) is 1. The number of hydrogen-bond donors (Lipinski definition) is 1. The number of halogens is 3. The minimum absolute atomic E-state index is 0.0879. The van der Waals surface area contributed by atoms with Crippen molar-refractivity contribution in [1.29, 1.82) is 5.26 Å². The van der Waals surface area contributed by atoms with E-state index in [4.69, 9.17) is 4.42 Å². The average Bonchev–Trinajstić information content (AvgIpc) is 3.72. The van der Waals surface area contributed by atoms with Gasteiger partial charge in [-0.3, -0.25) is 14.3 Å². The summed E-state index contributed by atoms with van der Waals surface area (Å²) in [5, 5.41) is 16.5. The second-order valence-electron chi connectivity index (χ2n) is 12.5. The van der Waals surface area contributed by atoms with Crippen molar-refractivity contribution in [2.24, 2.45) is 13.0 Å². The maximum absolute atomic E-state index is 14.2. The SMILES string of the molecule is CC(C)C(NC(=O)c1c(-c2ccnn2-c2ccc(C#N)cc2)n(C)n(-c2cccc(C(F)(F)F)c2)c1=O)c1ncc(C[N+](C)(C)C)o1. The Kier molecular flexibility index (Phi) is 8.70. The summed E-state index contributed by atoms with van der Waals surface area (Å²) < 4.78 is 51.5. The van der Waals surface area contributed by atoms with E-state index in [2.05, 4.69) is 21.5 Å². The van der Waals surface area contributed by atoms with Gasteiger partial charge in [0, 0.05) is 7.05 Å². The number of amides is 1. The molecular formula is C33H34F3N8O3+. The molecule has 5 rings (SSSR count). The predicted molar refractivity (Wildman–Crippen MR) is 167 cm³/mol. The number of benzene rings is 2. The zero-order valence-corrected chi connectivity index (χ0v) is 26.7. The first-order chi connectivity index (χ1) is 22.1. The Bertz CT molecular complexity index is 2020. The van der Waals surface area contributed by atoms with Crippen LogP contribution in [0.5, 0.6) is 0 Å². The van der Waals surface area contributed by atoms with Crippen molar-refractivity contribution in [2.75, 3.05) is 21.1 Å². The minimum Gasteiger partial charge on any atom is -0.437 e. The fourth-order valence-electron chi connectivity index (χ4n) is 5.31. The van der Waals surface area contributed by atoms with Gasteiger partial charge in [-0.15, -0.1) is 0 Å². The molecular weight excluding hydrogens is 613 g/mol. The summed E-state index contributed by atoms with van der Waals surface area (Å²) in [4.78, 5) is 32.8. The lowest BCUT2D eigenvalue weighted by atomic mass is 10.0. The highest BCUT2D eigenvalue weighted by Gasteiger charge is 2.34. The highest BCUT2D eigenvalue weighted by molar-refractivity contribution is 6.00. The van der Waals surface area contributed by atoms with Crippen molar-refractivity contribution in [1.82, 2.24) is 29.4 Å². The van der Waals surface area contributed by atoms with Gasteiger partial charge < -0.3 is 14.2 Å². The molecule has 244 valence electrons. The molecule has 0 saturated heterocycles. The predicted octanol–water partition coefficient (Wildman–Crippen LogP) is 5.24. The summed E-state index contributed by atoms with van der Waals surface area (Å²) in [6, 6.07) is 13.7. The van der Waals surface area contributed by atoms with Crippen LogP contribution in [-0.4, -0.2) is 55.7 Å². The third-order valence-corrected chi connectivity index (χ3v) is 7.46. The van der Waals surface area contributed by atoms with Gasteiger partial charge in [0.25, 0.3) is 11.5 Å². The van der Waals surface area contributed by atoms with Gasteiger partial charge in [-0.1, -0.05) is 19.9 Å². The topological polar surface area (TPSA) is 124 Å². The van der Waals surface area contributed by atoms with Gasteiger partial charge in [-0.25, -0.2) is 14.3 Å². The van der Waals surface area contributed by atoms with E-state index in [-0.39, 0.29) is 28.8 Å². The zero-order valence-electron chi connectivity index (χ0n) is 26.7. The monoisotopic (exact) mass is 647 g/mol. The summed E-state index contributed by atoms with van der Waals surface area (Å²) in [7, 11) is 7.48. The van der Waals surface area contributed by atoms with Crippen LogP contribution in [0.1, 0.15) is 53.0 Å². The molecule has 1 amide bonds. The quantitative estimate of drug-likeness (QED) is 0.218. The number of quaternary nitrogens is 1. The van der Waals surface area contributed by atoms with Crippen LogP contribution in [0.25, 0.3) is 22.8 Å². The highest BCUT2D eigenvalue weighted by Crippen LogP contribution is 2.32. The Labute approximate surface area is 268 Å². The van der Waals surface area contributed by atoms with E-state index < -0.39 is 29.2 Å². The Morgan fingerprint density at radius 2 is 1.79 bits per heavy atom. The number of oxazole rings is 1. The van der Waals surface area contributed by atoms with Gasteiger partial charge in [0.2, 0.25) is 5.89 Å². The highest BCUT2D eigenvalue weighted by atomic mass is 19.4. The van der Waals surface area contributed by atoms with Crippen LogP contribution in [0.3, 0.4) is 0 Å². The van der Waals surface area contributed by atoms with Gasteiger partial charge >= 0.3 is 6.18 Å². The number of carbonyl (C=O) groups is 1. The first kappa shape index (κ1) is 33.0. The molecule has 0 spiro atoms. The van der Waals surface area contributed by atoms with Crippen molar-refractivity contribution >= 4 is 5.91 Å². The number of aromatic nitrogens is 5. The third kappa shape index (κ3) is 6.75. The Balaban J connectivity index is 1.67. The van der Waals surface area contributed by atoms with Crippen LogP contribution in [0.2, 0.25) is 0 Å². The van der Waals surface area contributed by atoms with Crippen LogP contribution in [0.15, 0.2) is 76.2 Å². The number of carbonyl (C=O) groups excluding carboxylic acids is 1. The number of hydrogen-bond acceptors (Lipinski definition) is 6. The van der Waals surface area contributed by atoms with E-state index in [1.54, 1.807) is 36.5 Å². The minimum atomic E-state index is -4.66. The fraction of sp³-hybridized carbons (Fsp3) is 0.303. The molecule has 0 aliphatic heterocycles. The summed E-state index contributed by atoms with van der Waals surface area (Å²) in [6.45, 7) is 4.28. The summed E-state index contributed by atoms with van der Waals surface area (Å²) in [5.74, 6) is -0.110. The molecule has 0 bridgehead atoms. The molecule has 0 fully saturated rings. The van der Waals surface area contributed by atoms with E-state index in [9.17, 15) is 28.0 Å². The molecule has 2 aromatic carbocycles. The number of nitriles is 1. The van der Waals surface area contributed by atoms with E-state index in [1.807, 2.05) is 35.0 Å². The second kappa shape index (κ2) is 12.4. The van der Waals surface area contributed by atoms with Crippen LogP contribution in [0.4, 0.5) is 13.2 Å². The van der Waals surface area contributed by atoms with E-state index >= 15 is 0 Å². The van der Waals surface area contributed by atoms with Crippen LogP contribution in [-0.2, 0) is 19.8 Å². The molecule has 5 aromatic rings. The number of rotatable bonds is 9. The summed E-state index contributed by atoms with van der Waals surface area (Å²) in [5.41, 5.74) is -0.834. The van der Waals surface area contributed by atoms with Gasteiger partial charge in [-0.2, -0.15) is 23.5 Å². The van der Waals surface area contributed by atoms with Crippen LogP contribution < -0.4 is 10.9 Å². The van der Waals surface area contributed by atoms with Crippen molar-refractivity contribution in [2.45, 2.75) is 32.6 Å². The molecule has 1 unspecified atom stereocenters. The van der Waals surface area contributed by atoms with Gasteiger partial charge in [0.05, 0.1) is 67.8 Å². The molecule has 0 radical (unpaired) electrons. The van der Waals surface area contributed by atoms with E-state index in [1.165, 1.54) is 34.7 Å². The third-order valence-electron chi connectivity index (χ3n) is 7.46. The average molecular weight is 648 g/mol. The lowest BCUT2D eigenvalue weighted by Crippen LogP contribution is -2.35. The van der Waals surface area contributed by atoms with Crippen molar-refractivity contribution in [3.8, 4) is 28.8 Å². The van der Waals surface area contributed by atoms with Gasteiger partial charge in [0.1, 0.15) is 23.8 Å². The smallest absolute Gasteiger partial charge is 0.416 e.